The highest BCUT2D eigenvalue weighted by Gasteiger charge is 2.27. The van der Waals surface area contributed by atoms with Crippen LogP contribution in [0.25, 0.3) is 0 Å². The lowest BCUT2D eigenvalue weighted by Crippen LogP contribution is -2.42. The van der Waals surface area contributed by atoms with Gasteiger partial charge in [0, 0.05) is 31.6 Å². The van der Waals surface area contributed by atoms with Gasteiger partial charge < -0.3 is 19.3 Å². The maximum atomic E-state index is 12.5. The topological polar surface area (TPSA) is 93.2 Å². The first kappa shape index (κ1) is 21.4. The second kappa shape index (κ2) is 9.87. The van der Waals surface area contributed by atoms with Gasteiger partial charge in [0.1, 0.15) is 5.75 Å². The van der Waals surface area contributed by atoms with Gasteiger partial charge in [-0.15, -0.1) is 0 Å². The minimum Gasteiger partial charge on any atom is -0.482 e. The molecule has 8 nitrogen and oxygen atoms in total. The molecular formula is C20H26N2O6. The molecule has 1 aromatic rings. The Morgan fingerprint density at radius 2 is 1.96 bits per heavy atom. The average molecular weight is 390 g/mol. The molecule has 8 heteroatoms. The SMILES string of the molecule is CCOC(=O)CCN(CC)C(=O)CCN1C(=O)COc2ccc(C(C)=O)cc21. The molecule has 0 aromatic heterocycles. The number of fused-ring (bicyclic) bond motifs is 1. The van der Waals surface area contributed by atoms with Crippen molar-refractivity contribution >= 4 is 29.3 Å². The van der Waals surface area contributed by atoms with E-state index in [1.165, 1.54) is 11.8 Å². The van der Waals surface area contributed by atoms with E-state index in [1.807, 2.05) is 6.92 Å². The van der Waals surface area contributed by atoms with E-state index in [-0.39, 0.29) is 56.1 Å². The number of rotatable bonds is 9. The largest absolute Gasteiger partial charge is 0.482 e. The van der Waals surface area contributed by atoms with Crippen molar-refractivity contribution in [3.05, 3.63) is 23.8 Å². The van der Waals surface area contributed by atoms with Crippen LogP contribution in [-0.4, -0.2) is 61.3 Å². The predicted octanol–water partition coefficient (Wildman–Crippen LogP) is 1.81. The average Bonchev–Trinajstić information content (AvgIpc) is 2.67. The molecule has 0 bridgehead atoms. The number of carbonyl (C=O) groups is 4. The fourth-order valence-corrected chi connectivity index (χ4v) is 2.95. The van der Waals surface area contributed by atoms with Crippen molar-refractivity contribution in [2.75, 3.05) is 37.7 Å². The number of ketones is 1. The van der Waals surface area contributed by atoms with Crippen LogP contribution in [0, 0.1) is 0 Å². The number of benzene rings is 1. The van der Waals surface area contributed by atoms with Gasteiger partial charge in [-0.05, 0) is 39.0 Å². The lowest BCUT2D eigenvalue weighted by Gasteiger charge is -2.30. The molecule has 0 unspecified atom stereocenters. The molecule has 0 saturated heterocycles. The third-order valence-electron chi connectivity index (χ3n) is 4.48. The highest BCUT2D eigenvalue weighted by Crippen LogP contribution is 2.33. The maximum absolute atomic E-state index is 12.5. The monoisotopic (exact) mass is 390 g/mol. The third-order valence-corrected chi connectivity index (χ3v) is 4.48. The summed E-state index contributed by atoms with van der Waals surface area (Å²) in [6.07, 6.45) is 0.237. The first-order valence-corrected chi connectivity index (χ1v) is 9.38. The fourth-order valence-electron chi connectivity index (χ4n) is 2.95. The van der Waals surface area contributed by atoms with Gasteiger partial charge in [-0.3, -0.25) is 19.2 Å². The molecule has 28 heavy (non-hydrogen) atoms. The number of Topliss-reactive ketones (excluding diaryl/α,β-unsaturated/α-hetero) is 1. The van der Waals surface area contributed by atoms with Gasteiger partial charge >= 0.3 is 5.97 Å². The van der Waals surface area contributed by atoms with Crippen LogP contribution in [-0.2, 0) is 19.1 Å². The molecule has 0 saturated carbocycles. The Kier molecular flexibility index (Phi) is 7.54. The minimum absolute atomic E-state index is 0.103. The molecular weight excluding hydrogens is 364 g/mol. The molecule has 2 rings (SSSR count). The van der Waals surface area contributed by atoms with Crippen LogP contribution in [0.1, 0.15) is 44.0 Å². The van der Waals surface area contributed by atoms with Crippen LogP contribution >= 0.6 is 0 Å². The molecule has 1 aliphatic rings. The summed E-state index contributed by atoms with van der Waals surface area (Å²) in [5, 5.41) is 0. The Hall–Kier alpha value is -2.90. The molecule has 0 atom stereocenters. The van der Waals surface area contributed by atoms with E-state index < -0.39 is 0 Å². The Bertz CT molecular complexity index is 761. The van der Waals surface area contributed by atoms with E-state index in [1.54, 1.807) is 30.0 Å². The van der Waals surface area contributed by atoms with Crippen LogP contribution in [0.15, 0.2) is 18.2 Å². The smallest absolute Gasteiger partial charge is 0.307 e. The number of esters is 1. The van der Waals surface area contributed by atoms with Crippen molar-refractivity contribution in [3.63, 3.8) is 0 Å². The number of nitrogens with zero attached hydrogens (tertiary/aromatic N) is 2. The number of hydrogen-bond acceptors (Lipinski definition) is 6. The summed E-state index contributed by atoms with van der Waals surface area (Å²) in [6.45, 7) is 6.11. The zero-order valence-corrected chi connectivity index (χ0v) is 16.5. The van der Waals surface area contributed by atoms with Gasteiger partial charge in [-0.25, -0.2) is 0 Å². The quantitative estimate of drug-likeness (QED) is 0.472. The minimum atomic E-state index is -0.345. The number of anilines is 1. The van der Waals surface area contributed by atoms with Gasteiger partial charge in [-0.2, -0.15) is 0 Å². The maximum Gasteiger partial charge on any atom is 0.307 e. The van der Waals surface area contributed by atoms with Crippen molar-refractivity contribution in [2.45, 2.75) is 33.6 Å². The van der Waals surface area contributed by atoms with Crippen molar-refractivity contribution < 1.29 is 28.7 Å². The molecule has 152 valence electrons. The summed E-state index contributed by atoms with van der Waals surface area (Å²) in [4.78, 5) is 51.0. The van der Waals surface area contributed by atoms with Gasteiger partial charge in [-0.1, -0.05) is 0 Å². The van der Waals surface area contributed by atoms with Crippen LogP contribution < -0.4 is 9.64 Å². The highest BCUT2D eigenvalue weighted by molar-refractivity contribution is 6.01. The van der Waals surface area contributed by atoms with E-state index in [4.69, 9.17) is 9.47 Å². The van der Waals surface area contributed by atoms with Crippen molar-refractivity contribution in [2.24, 2.45) is 0 Å². The van der Waals surface area contributed by atoms with Crippen molar-refractivity contribution in [1.29, 1.82) is 0 Å². The van der Waals surface area contributed by atoms with E-state index in [0.29, 0.717) is 30.2 Å². The Balaban J connectivity index is 2.03. The molecule has 0 fully saturated rings. The van der Waals surface area contributed by atoms with Crippen LogP contribution in [0.3, 0.4) is 0 Å². The first-order chi connectivity index (χ1) is 13.4. The number of ether oxygens (including phenoxy) is 2. The summed E-state index contributed by atoms with van der Waals surface area (Å²) < 4.78 is 10.3. The van der Waals surface area contributed by atoms with Crippen LogP contribution in [0.5, 0.6) is 5.75 Å². The summed E-state index contributed by atoms with van der Waals surface area (Å²) in [5.74, 6) is -0.381. The molecule has 0 radical (unpaired) electrons. The Morgan fingerprint density at radius 1 is 1.21 bits per heavy atom. The molecule has 1 heterocycles. The normalized spacial score (nSPS) is 12.8. The number of hydrogen-bond donors (Lipinski definition) is 0. The van der Waals surface area contributed by atoms with Gasteiger partial charge in [0.15, 0.2) is 12.4 Å². The van der Waals surface area contributed by atoms with Crippen LogP contribution in [0.2, 0.25) is 0 Å². The zero-order valence-electron chi connectivity index (χ0n) is 16.5. The standard InChI is InChI=1S/C20H26N2O6/c1-4-21(10-9-20(26)27-5-2)18(24)8-11-22-16-12-15(14(3)23)6-7-17(16)28-13-19(22)25/h6-7,12H,4-5,8-11,13H2,1-3H3. The molecule has 0 N–H and O–H groups in total. The summed E-state index contributed by atoms with van der Waals surface area (Å²) >= 11 is 0. The summed E-state index contributed by atoms with van der Waals surface area (Å²) in [6, 6.07) is 4.91. The van der Waals surface area contributed by atoms with Crippen LogP contribution in [0.4, 0.5) is 5.69 Å². The summed E-state index contributed by atoms with van der Waals surface area (Å²) in [7, 11) is 0. The Labute approximate surface area is 164 Å². The number of carbonyl (C=O) groups excluding carboxylic acids is 4. The molecule has 1 aliphatic heterocycles. The first-order valence-electron chi connectivity index (χ1n) is 9.38. The van der Waals surface area contributed by atoms with Crippen molar-refractivity contribution in [1.82, 2.24) is 4.90 Å². The predicted molar refractivity (Wildman–Crippen MR) is 102 cm³/mol. The fraction of sp³-hybridized carbons (Fsp3) is 0.500. The lowest BCUT2D eigenvalue weighted by molar-refractivity contribution is -0.144. The van der Waals surface area contributed by atoms with E-state index in [9.17, 15) is 19.2 Å². The Morgan fingerprint density at radius 3 is 2.61 bits per heavy atom. The number of amides is 2. The van der Waals surface area contributed by atoms with E-state index in [2.05, 4.69) is 0 Å². The second-order valence-corrected chi connectivity index (χ2v) is 6.35. The summed E-state index contributed by atoms with van der Waals surface area (Å²) in [5.41, 5.74) is 0.962. The molecule has 0 aliphatic carbocycles. The highest BCUT2D eigenvalue weighted by atomic mass is 16.5. The zero-order chi connectivity index (χ0) is 20.7. The van der Waals surface area contributed by atoms with E-state index in [0.717, 1.165) is 0 Å². The van der Waals surface area contributed by atoms with Crippen molar-refractivity contribution in [3.8, 4) is 5.75 Å². The molecule has 0 spiro atoms. The van der Waals surface area contributed by atoms with Gasteiger partial charge in [0.05, 0.1) is 18.7 Å². The molecule has 1 aromatic carbocycles. The second-order valence-electron chi connectivity index (χ2n) is 6.35. The van der Waals surface area contributed by atoms with Gasteiger partial charge in [0.2, 0.25) is 5.91 Å². The van der Waals surface area contributed by atoms with Gasteiger partial charge in [0.25, 0.3) is 5.91 Å². The molecule has 2 amide bonds. The van der Waals surface area contributed by atoms with E-state index >= 15 is 0 Å². The lowest BCUT2D eigenvalue weighted by atomic mass is 10.1. The third kappa shape index (κ3) is 5.31.